The second-order valence-corrected chi connectivity index (χ2v) is 9.16. The van der Waals surface area contributed by atoms with Crippen LogP contribution in [0.3, 0.4) is 0 Å². The number of carboxylic acid groups (broad SMARTS) is 2. The van der Waals surface area contributed by atoms with E-state index in [9.17, 15) is 39.3 Å². The number of rotatable bonds is 14. The predicted octanol–water partition coefficient (Wildman–Crippen LogP) is -0.714. The number of fused-ring (bicyclic) bond motifs is 1. The molecule has 0 fully saturated rings. The Morgan fingerprint density at radius 3 is 2.02 bits per heavy atom. The number of hydrogen-bond acceptors (Lipinski definition) is 7. The molecule has 3 aromatic rings. The average molecular weight is 554 g/mol. The van der Waals surface area contributed by atoms with E-state index in [-0.39, 0.29) is 12.8 Å². The van der Waals surface area contributed by atoms with Crippen LogP contribution in [-0.4, -0.2) is 80.7 Å². The van der Waals surface area contributed by atoms with E-state index in [1.165, 1.54) is 0 Å². The van der Waals surface area contributed by atoms with Crippen LogP contribution < -0.4 is 21.7 Å². The number of aliphatic carboxylic acids is 2. The van der Waals surface area contributed by atoms with Gasteiger partial charge in [0.15, 0.2) is 0 Å². The molecule has 1 heterocycles. The van der Waals surface area contributed by atoms with Gasteiger partial charge in [0.1, 0.15) is 18.1 Å². The van der Waals surface area contributed by atoms with Crippen LogP contribution >= 0.6 is 0 Å². The van der Waals surface area contributed by atoms with Crippen molar-refractivity contribution >= 4 is 40.6 Å². The molecule has 3 amide bonds. The second-order valence-electron chi connectivity index (χ2n) is 9.16. The van der Waals surface area contributed by atoms with E-state index in [1.54, 1.807) is 60.8 Å². The van der Waals surface area contributed by atoms with Gasteiger partial charge in [-0.2, -0.15) is 0 Å². The first-order chi connectivity index (χ1) is 19.1. The molecule has 2 aromatic carbocycles. The molecular weight excluding hydrogens is 522 g/mol. The van der Waals surface area contributed by atoms with E-state index in [4.69, 9.17) is 5.73 Å². The van der Waals surface area contributed by atoms with Crippen molar-refractivity contribution in [2.24, 2.45) is 5.73 Å². The number of hydrogen-bond donors (Lipinski definition) is 8. The number of aliphatic hydroxyl groups excluding tert-OH is 1. The number of benzene rings is 2. The Bertz CT molecular complexity index is 1360. The summed E-state index contributed by atoms with van der Waals surface area (Å²) >= 11 is 0. The Morgan fingerprint density at radius 1 is 0.775 bits per heavy atom. The van der Waals surface area contributed by atoms with Crippen molar-refractivity contribution in [2.45, 2.75) is 43.4 Å². The van der Waals surface area contributed by atoms with E-state index >= 15 is 0 Å². The maximum Gasteiger partial charge on any atom is 0.326 e. The van der Waals surface area contributed by atoms with Crippen molar-refractivity contribution in [2.75, 3.05) is 6.61 Å². The molecule has 13 heteroatoms. The van der Waals surface area contributed by atoms with Gasteiger partial charge in [-0.1, -0.05) is 48.5 Å². The standard InChI is InChI=1S/C27H31N5O8/c28-18(10-15-6-2-1-3-7-15)24(36)32-22(14-33)26(38)30-20(12-23(34)35)25(37)31-21(27(39)40)11-16-13-29-19-9-5-4-8-17(16)19/h1-9,13,18,20-22,29,33H,10-12,14,28H2,(H,30,38)(H,31,37)(H,32,36)(H,34,35)(H,39,40). The van der Waals surface area contributed by atoms with Gasteiger partial charge in [0, 0.05) is 23.5 Å². The molecule has 4 unspecified atom stereocenters. The van der Waals surface area contributed by atoms with Crippen LogP contribution in [0.25, 0.3) is 10.9 Å². The summed E-state index contributed by atoms with van der Waals surface area (Å²) in [5.74, 6) is -5.67. The molecule has 0 aliphatic carbocycles. The molecule has 13 nitrogen and oxygen atoms in total. The third-order valence-corrected chi connectivity index (χ3v) is 6.18. The van der Waals surface area contributed by atoms with Gasteiger partial charge < -0.3 is 42.0 Å². The van der Waals surface area contributed by atoms with E-state index in [2.05, 4.69) is 20.9 Å². The molecule has 9 N–H and O–H groups in total. The summed E-state index contributed by atoms with van der Waals surface area (Å²) in [7, 11) is 0. The van der Waals surface area contributed by atoms with Crippen LogP contribution in [0.4, 0.5) is 0 Å². The highest BCUT2D eigenvalue weighted by atomic mass is 16.4. The summed E-state index contributed by atoms with van der Waals surface area (Å²) in [5, 5.41) is 36.2. The predicted molar refractivity (Wildman–Crippen MR) is 143 cm³/mol. The van der Waals surface area contributed by atoms with Gasteiger partial charge in [-0.15, -0.1) is 0 Å². The Balaban J connectivity index is 1.66. The normalized spacial score (nSPS) is 13.9. The smallest absolute Gasteiger partial charge is 0.326 e. The lowest BCUT2D eigenvalue weighted by Gasteiger charge is -2.23. The Kier molecular flexibility index (Phi) is 10.3. The number of aromatic amines is 1. The van der Waals surface area contributed by atoms with Crippen molar-refractivity contribution in [1.82, 2.24) is 20.9 Å². The number of carboxylic acids is 2. The average Bonchev–Trinajstić information content (AvgIpc) is 3.33. The first-order valence-corrected chi connectivity index (χ1v) is 12.4. The molecule has 0 saturated heterocycles. The van der Waals surface area contributed by atoms with Gasteiger partial charge in [-0.05, 0) is 23.6 Å². The molecule has 212 valence electrons. The summed E-state index contributed by atoms with van der Waals surface area (Å²) in [6.07, 6.45) is 0.772. The van der Waals surface area contributed by atoms with Crippen molar-refractivity contribution in [3.05, 3.63) is 71.9 Å². The van der Waals surface area contributed by atoms with E-state index < -0.39 is 66.9 Å². The molecule has 4 atom stereocenters. The number of nitrogens with one attached hydrogen (secondary N) is 4. The highest BCUT2D eigenvalue weighted by Gasteiger charge is 2.31. The van der Waals surface area contributed by atoms with Gasteiger partial charge in [0.25, 0.3) is 0 Å². The zero-order valence-electron chi connectivity index (χ0n) is 21.4. The van der Waals surface area contributed by atoms with Gasteiger partial charge in [0.2, 0.25) is 17.7 Å². The van der Waals surface area contributed by atoms with Gasteiger partial charge in [-0.25, -0.2) is 4.79 Å². The number of aliphatic hydroxyl groups is 1. The highest BCUT2D eigenvalue weighted by Crippen LogP contribution is 2.19. The van der Waals surface area contributed by atoms with Crippen molar-refractivity contribution in [1.29, 1.82) is 0 Å². The molecule has 0 saturated carbocycles. The Hall–Kier alpha value is -4.75. The van der Waals surface area contributed by atoms with Gasteiger partial charge in [0.05, 0.1) is 19.1 Å². The van der Waals surface area contributed by atoms with Crippen LogP contribution in [0.15, 0.2) is 60.8 Å². The van der Waals surface area contributed by atoms with E-state index in [1.807, 2.05) is 0 Å². The van der Waals surface area contributed by atoms with Crippen molar-refractivity contribution in [3.63, 3.8) is 0 Å². The fourth-order valence-corrected chi connectivity index (χ4v) is 4.08. The highest BCUT2D eigenvalue weighted by molar-refractivity contribution is 5.96. The number of nitrogens with two attached hydrogens (primary N) is 1. The molecule has 0 bridgehead atoms. The molecule has 0 aliphatic heterocycles. The largest absolute Gasteiger partial charge is 0.481 e. The number of H-pyrrole nitrogens is 1. The number of carbonyl (C=O) groups is 5. The molecule has 0 spiro atoms. The SMILES string of the molecule is NC(Cc1ccccc1)C(=O)NC(CO)C(=O)NC(CC(=O)O)C(=O)NC(Cc1c[nH]c2ccccc12)C(=O)O. The molecule has 0 aliphatic rings. The second kappa shape index (κ2) is 13.9. The number of carbonyl (C=O) groups excluding carboxylic acids is 3. The van der Waals surface area contributed by atoms with Crippen LogP contribution in [0, 0.1) is 0 Å². The zero-order valence-corrected chi connectivity index (χ0v) is 21.4. The monoisotopic (exact) mass is 553 g/mol. The Morgan fingerprint density at radius 2 is 1.38 bits per heavy atom. The Labute approximate surface area is 228 Å². The minimum absolute atomic E-state index is 0.118. The summed E-state index contributed by atoms with van der Waals surface area (Å²) in [6.45, 7) is -0.866. The van der Waals surface area contributed by atoms with Crippen LogP contribution in [-0.2, 0) is 36.8 Å². The molecule has 0 radical (unpaired) electrons. The summed E-state index contributed by atoms with van der Waals surface area (Å²) in [6, 6.07) is 10.3. The molecular formula is C27H31N5O8. The van der Waals surface area contributed by atoms with E-state index in [0.29, 0.717) is 5.56 Å². The first kappa shape index (κ1) is 29.8. The third kappa shape index (κ3) is 8.12. The minimum atomic E-state index is -1.70. The maximum absolute atomic E-state index is 12.9. The lowest BCUT2D eigenvalue weighted by atomic mass is 10.0. The molecule has 40 heavy (non-hydrogen) atoms. The molecule has 1 aromatic heterocycles. The number of aromatic nitrogens is 1. The van der Waals surface area contributed by atoms with E-state index in [0.717, 1.165) is 16.5 Å². The number of para-hydroxylation sites is 1. The third-order valence-electron chi connectivity index (χ3n) is 6.18. The summed E-state index contributed by atoms with van der Waals surface area (Å²) < 4.78 is 0. The molecule has 3 rings (SSSR count). The quantitative estimate of drug-likeness (QED) is 0.126. The maximum atomic E-state index is 12.9. The summed E-state index contributed by atoms with van der Waals surface area (Å²) in [4.78, 5) is 64.6. The van der Waals surface area contributed by atoms with Crippen LogP contribution in [0.1, 0.15) is 17.5 Å². The van der Waals surface area contributed by atoms with Gasteiger partial charge >= 0.3 is 11.9 Å². The number of amides is 3. The topological polar surface area (TPSA) is 224 Å². The lowest BCUT2D eigenvalue weighted by Crippen LogP contribution is -2.58. The van der Waals surface area contributed by atoms with Crippen LogP contribution in [0.2, 0.25) is 0 Å². The lowest BCUT2D eigenvalue weighted by molar-refractivity contribution is -0.143. The fourth-order valence-electron chi connectivity index (χ4n) is 4.08. The van der Waals surface area contributed by atoms with Crippen molar-refractivity contribution < 1.29 is 39.3 Å². The fraction of sp³-hybridized carbons (Fsp3) is 0.296. The zero-order chi connectivity index (χ0) is 29.2. The van der Waals surface area contributed by atoms with Gasteiger partial charge in [-0.3, -0.25) is 19.2 Å². The van der Waals surface area contributed by atoms with Crippen molar-refractivity contribution in [3.8, 4) is 0 Å². The summed E-state index contributed by atoms with van der Waals surface area (Å²) in [5.41, 5.74) is 8.06. The first-order valence-electron chi connectivity index (χ1n) is 12.4. The minimum Gasteiger partial charge on any atom is -0.481 e. The van der Waals surface area contributed by atoms with Crippen LogP contribution in [0.5, 0.6) is 0 Å².